The van der Waals surface area contributed by atoms with Crippen LogP contribution in [0.4, 0.5) is 16.3 Å². The van der Waals surface area contributed by atoms with Gasteiger partial charge in [-0.2, -0.15) is 5.10 Å². The van der Waals surface area contributed by atoms with Gasteiger partial charge in [-0.15, -0.1) is 0 Å². The number of hydrogen-bond donors (Lipinski definition) is 1. The third kappa shape index (κ3) is 6.25. The van der Waals surface area contributed by atoms with Crippen molar-refractivity contribution >= 4 is 17.5 Å². The van der Waals surface area contributed by atoms with Gasteiger partial charge in [0, 0.05) is 57.7 Å². The maximum Gasteiger partial charge on any atom is 0.322 e. The lowest BCUT2D eigenvalue weighted by Gasteiger charge is -2.35. The van der Waals surface area contributed by atoms with E-state index in [1.165, 1.54) is 0 Å². The van der Waals surface area contributed by atoms with Gasteiger partial charge in [0.2, 0.25) is 0 Å². The number of benzene rings is 2. The number of para-hydroxylation sites is 1. The highest BCUT2D eigenvalue weighted by atomic mass is 16.5. The third-order valence-electron chi connectivity index (χ3n) is 6.64. The zero-order valence-electron chi connectivity index (χ0n) is 21.9. The van der Waals surface area contributed by atoms with Crippen LogP contribution < -0.4 is 10.2 Å². The molecule has 1 aromatic heterocycles. The molecular formula is C28H38N6O2. The predicted octanol–water partition coefficient (Wildman–Crippen LogP) is 4.31. The zero-order chi connectivity index (χ0) is 25.5. The largest absolute Gasteiger partial charge is 0.385 e. The first-order valence-electron chi connectivity index (χ1n) is 12.6. The molecule has 0 bridgehead atoms. The molecule has 0 spiro atoms. The Kier molecular flexibility index (Phi) is 8.61. The summed E-state index contributed by atoms with van der Waals surface area (Å²) in [5.74, 6) is 1.08. The zero-order valence-corrected chi connectivity index (χ0v) is 21.9. The Morgan fingerprint density at radius 3 is 2.50 bits per heavy atom. The van der Waals surface area contributed by atoms with Crippen molar-refractivity contribution in [3.05, 3.63) is 71.4 Å². The van der Waals surface area contributed by atoms with Gasteiger partial charge in [-0.05, 0) is 57.1 Å². The number of rotatable bonds is 9. The number of ether oxygens (including phenoxy) is 1. The van der Waals surface area contributed by atoms with Gasteiger partial charge in [0.05, 0.1) is 17.9 Å². The maximum atomic E-state index is 13.5. The summed E-state index contributed by atoms with van der Waals surface area (Å²) in [4.78, 5) is 20.1. The Morgan fingerprint density at radius 1 is 1.06 bits per heavy atom. The molecule has 1 aliphatic heterocycles. The molecule has 2 amide bonds. The number of nitrogens with one attached hydrogen (secondary N) is 1. The van der Waals surface area contributed by atoms with E-state index in [9.17, 15) is 4.79 Å². The number of aryl methyl sites for hydroxylation is 2. The summed E-state index contributed by atoms with van der Waals surface area (Å²) in [5, 5.41) is 8.05. The summed E-state index contributed by atoms with van der Waals surface area (Å²) in [5.41, 5.74) is 4.95. The summed E-state index contributed by atoms with van der Waals surface area (Å²) < 4.78 is 7.33. The number of likely N-dealkylation sites (N-methyl/N-ethyl adjacent to an activating group) is 1. The van der Waals surface area contributed by atoms with Crippen molar-refractivity contribution in [2.24, 2.45) is 0 Å². The molecule has 4 rings (SSSR count). The highest BCUT2D eigenvalue weighted by Gasteiger charge is 2.27. The first-order chi connectivity index (χ1) is 17.5. The predicted molar refractivity (Wildman–Crippen MR) is 145 cm³/mol. The standard InChI is InChI=1S/C28H38N6O2/c1-22-10-8-11-24(20-22)29-28(35)33(14-9-19-36-4)21-26-23(2)30-34(25-12-6-5-7-13-25)27(26)32-17-15-31(3)16-18-32/h5-8,10-13,20H,9,14-19,21H2,1-4H3,(H,29,35). The Labute approximate surface area is 214 Å². The number of amides is 2. The van der Waals surface area contributed by atoms with Crippen LogP contribution in [0, 0.1) is 13.8 Å². The summed E-state index contributed by atoms with van der Waals surface area (Å²) in [7, 11) is 3.85. The lowest BCUT2D eigenvalue weighted by Crippen LogP contribution is -2.45. The molecule has 1 fully saturated rings. The first-order valence-corrected chi connectivity index (χ1v) is 12.6. The molecule has 8 nitrogen and oxygen atoms in total. The molecule has 0 unspecified atom stereocenters. The molecule has 1 N–H and O–H groups in total. The second-order valence-electron chi connectivity index (χ2n) is 9.49. The van der Waals surface area contributed by atoms with Crippen molar-refractivity contribution in [3.63, 3.8) is 0 Å². The molecule has 1 aliphatic rings. The molecule has 0 radical (unpaired) electrons. The average Bonchev–Trinajstić information content (AvgIpc) is 3.20. The van der Waals surface area contributed by atoms with Gasteiger partial charge < -0.3 is 24.8 Å². The Balaban J connectivity index is 1.67. The van der Waals surface area contributed by atoms with Crippen LogP contribution >= 0.6 is 0 Å². The number of nitrogens with zero attached hydrogens (tertiary/aromatic N) is 5. The SMILES string of the molecule is COCCCN(Cc1c(C)nn(-c2ccccc2)c1N1CCN(C)CC1)C(=O)Nc1cccc(C)c1. The summed E-state index contributed by atoms with van der Waals surface area (Å²) in [6.07, 6.45) is 0.757. The molecule has 8 heteroatoms. The second-order valence-corrected chi connectivity index (χ2v) is 9.49. The summed E-state index contributed by atoms with van der Waals surface area (Å²) in [6, 6.07) is 18.0. The quantitative estimate of drug-likeness (QED) is 0.453. The topological polar surface area (TPSA) is 65.9 Å². The number of carbonyl (C=O) groups is 1. The van der Waals surface area contributed by atoms with Gasteiger partial charge >= 0.3 is 6.03 Å². The van der Waals surface area contributed by atoms with Gasteiger partial charge in [-0.1, -0.05) is 30.3 Å². The molecule has 36 heavy (non-hydrogen) atoms. The molecule has 2 heterocycles. The third-order valence-corrected chi connectivity index (χ3v) is 6.64. The van der Waals surface area contributed by atoms with E-state index >= 15 is 0 Å². The summed E-state index contributed by atoms with van der Waals surface area (Å²) >= 11 is 0. The van der Waals surface area contributed by atoms with E-state index in [-0.39, 0.29) is 6.03 Å². The van der Waals surface area contributed by atoms with E-state index in [0.29, 0.717) is 19.7 Å². The fraction of sp³-hybridized carbons (Fsp3) is 0.429. The van der Waals surface area contributed by atoms with Crippen LogP contribution in [-0.2, 0) is 11.3 Å². The second kappa shape index (κ2) is 12.1. The molecule has 192 valence electrons. The number of carbonyl (C=O) groups excluding carboxylic acids is 1. The number of methoxy groups -OCH3 is 1. The minimum absolute atomic E-state index is 0.118. The van der Waals surface area contributed by atoms with Crippen LogP contribution in [0.3, 0.4) is 0 Å². The van der Waals surface area contributed by atoms with Crippen LogP contribution in [0.5, 0.6) is 0 Å². The van der Waals surface area contributed by atoms with Crippen molar-refractivity contribution in [2.75, 3.05) is 63.7 Å². The van der Waals surface area contributed by atoms with Gasteiger partial charge in [0.25, 0.3) is 0 Å². The average molecular weight is 491 g/mol. The summed E-state index contributed by atoms with van der Waals surface area (Å²) in [6.45, 7) is 9.54. The van der Waals surface area contributed by atoms with Crippen LogP contribution in [0.1, 0.15) is 23.2 Å². The number of hydrogen-bond acceptors (Lipinski definition) is 5. The lowest BCUT2D eigenvalue weighted by molar-refractivity contribution is 0.171. The van der Waals surface area contributed by atoms with Crippen molar-refractivity contribution in [2.45, 2.75) is 26.8 Å². The molecule has 2 aromatic carbocycles. The normalized spacial score (nSPS) is 14.2. The minimum atomic E-state index is -0.118. The van der Waals surface area contributed by atoms with Crippen molar-refractivity contribution in [1.82, 2.24) is 19.6 Å². The van der Waals surface area contributed by atoms with Crippen LogP contribution in [0.25, 0.3) is 5.69 Å². The molecule has 0 saturated carbocycles. The molecule has 0 aliphatic carbocycles. The Bertz CT molecular complexity index is 1140. The smallest absolute Gasteiger partial charge is 0.322 e. The van der Waals surface area contributed by atoms with Crippen molar-refractivity contribution in [3.8, 4) is 5.69 Å². The number of piperazine rings is 1. The van der Waals surface area contributed by atoms with Crippen molar-refractivity contribution < 1.29 is 9.53 Å². The van der Waals surface area contributed by atoms with E-state index in [0.717, 1.165) is 66.6 Å². The van der Waals surface area contributed by atoms with Crippen LogP contribution in [0.15, 0.2) is 54.6 Å². The highest BCUT2D eigenvalue weighted by Crippen LogP contribution is 2.30. The molecule has 0 atom stereocenters. The fourth-order valence-electron chi connectivity index (χ4n) is 4.59. The van der Waals surface area contributed by atoms with E-state index in [1.54, 1.807) is 7.11 Å². The van der Waals surface area contributed by atoms with E-state index in [4.69, 9.17) is 9.84 Å². The number of anilines is 2. The molecule has 3 aromatic rings. The van der Waals surface area contributed by atoms with E-state index in [2.05, 4.69) is 34.3 Å². The maximum absolute atomic E-state index is 13.5. The highest BCUT2D eigenvalue weighted by molar-refractivity contribution is 5.89. The Hall–Kier alpha value is -3.36. The van der Waals surface area contributed by atoms with Crippen LogP contribution in [-0.4, -0.2) is 79.1 Å². The fourth-order valence-corrected chi connectivity index (χ4v) is 4.59. The number of urea groups is 1. The van der Waals surface area contributed by atoms with E-state index < -0.39 is 0 Å². The van der Waals surface area contributed by atoms with Crippen LogP contribution in [0.2, 0.25) is 0 Å². The number of aromatic nitrogens is 2. The van der Waals surface area contributed by atoms with Crippen molar-refractivity contribution in [1.29, 1.82) is 0 Å². The molecular weight excluding hydrogens is 452 g/mol. The first kappa shape index (κ1) is 25.7. The lowest BCUT2D eigenvalue weighted by atomic mass is 10.2. The van der Waals surface area contributed by atoms with Gasteiger partial charge in [0.15, 0.2) is 0 Å². The minimum Gasteiger partial charge on any atom is -0.385 e. The molecule has 1 saturated heterocycles. The monoisotopic (exact) mass is 490 g/mol. The van der Waals surface area contributed by atoms with Gasteiger partial charge in [0.1, 0.15) is 5.82 Å². The van der Waals surface area contributed by atoms with E-state index in [1.807, 2.05) is 65.9 Å². The van der Waals surface area contributed by atoms with Gasteiger partial charge in [-0.3, -0.25) is 0 Å². The Morgan fingerprint density at radius 2 is 1.81 bits per heavy atom. The van der Waals surface area contributed by atoms with Gasteiger partial charge in [-0.25, -0.2) is 9.48 Å².